The first-order chi connectivity index (χ1) is 17.0. The first-order valence-electron chi connectivity index (χ1n) is 14.9. The topological polar surface area (TPSA) is 42.5 Å². The molecule has 204 valence electrons. The minimum atomic E-state index is -0.00233. The number of unbranched alkanes of at least 4 members (excludes halogenated alkanes) is 8. The molecule has 0 atom stereocenters. The molecule has 0 amide bonds. The zero-order chi connectivity index (χ0) is 25.2. The van der Waals surface area contributed by atoms with E-state index in [2.05, 4.69) is 24.5 Å². The highest BCUT2D eigenvalue weighted by Gasteiger charge is 2.43. The predicted octanol–water partition coefficient (Wildman–Crippen LogP) is 8.51. The number of nitrogens with one attached hydrogen (secondary N) is 2. The third-order valence-corrected chi connectivity index (χ3v) is 8.43. The van der Waals surface area contributed by atoms with Crippen molar-refractivity contribution >= 4 is 34.8 Å². The van der Waals surface area contributed by atoms with E-state index in [-0.39, 0.29) is 11.1 Å². The lowest BCUT2D eigenvalue weighted by Gasteiger charge is -2.48. The SMILES string of the molecule is CCCCCCCOC(=S)NC1(CC2(NC(=S)OCCCCCCC)CCCCC2)CCCCC1. The minimum absolute atomic E-state index is 0.00233. The zero-order valence-corrected chi connectivity index (χ0v) is 24.5. The molecule has 0 saturated heterocycles. The maximum Gasteiger partial charge on any atom is 0.257 e. The third kappa shape index (κ3) is 12.5. The maximum atomic E-state index is 6.00. The number of rotatable bonds is 16. The van der Waals surface area contributed by atoms with Gasteiger partial charge in [-0.3, -0.25) is 0 Å². The van der Waals surface area contributed by atoms with Crippen LogP contribution in [-0.4, -0.2) is 34.6 Å². The Kier molecular flexibility index (Phi) is 15.5. The number of thiocarbonyl (C=S) groups is 2. The van der Waals surface area contributed by atoms with Crippen LogP contribution in [0.15, 0.2) is 0 Å². The molecule has 0 heterocycles. The molecule has 2 N–H and O–H groups in total. The van der Waals surface area contributed by atoms with E-state index in [1.807, 2.05) is 0 Å². The summed E-state index contributed by atoms with van der Waals surface area (Å²) in [5, 5.41) is 8.67. The first kappa shape index (κ1) is 30.6. The van der Waals surface area contributed by atoms with Gasteiger partial charge in [-0.2, -0.15) is 0 Å². The summed E-state index contributed by atoms with van der Waals surface area (Å²) < 4.78 is 12.0. The molecule has 0 unspecified atom stereocenters. The van der Waals surface area contributed by atoms with Gasteiger partial charge < -0.3 is 20.1 Å². The Balaban J connectivity index is 1.91. The maximum absolute atomic E-state index is 6.00. The third-order valence-electron chi connectivity index (χ3n) is 7.99. The molecule has 0 spiro atoms. The summed E-state index contributed by atoms with van der Waals surface area (Å²) in [5.74, 6) is 0. The number of ether oxygens (including phenoxy) is 2. The Bertz CT molecular complexity index is 537. The molecule has 2 fully saturated rings. The van der Waals surface area contributed by atoms with Gasteiger partial charge in [0.15, 0.2) is 0 Å². The normalized spacial score (nSPS) is 19.0. The average Bonchev–Trinajstić information content (AvgIpc) is 2.84. The van der Waals surface area contributed by atoms with Gasteiger partial charge in [-0.05, 0) is 69.4 Å². The van der Waals surface area contributed by atoms with Crippen molar-refractivity contribution in [1.82, 2.24) is 10.6 Å². The predicted molar refractivity (Wildman–Crippen MR) is 157 cm³/mol. The van der Waals surface area contributed by atoms with Crippen molar-refractivity contribution in [3.8, 4) is 0 Å². The van der Waals surface area contributed by atoms with E-state index < -0.39 is 0 Å². The van der Waals surface area contributed by atoms with Crippen LogP contribution < -0.4 is 10.6 Å². The van der Waals surface area contributed by atoms with Gasteiger partial charge in [0.25, 0.3) is 10.3 Å². The Hall–Kier alpha value is -0.620. The highest BCUT2D eigenvalue weighted by molar-refractivity contribution is 7.80. The van der Waals surface area contributed by atoms with Crippen LogP contribution in [0.4, 0.5) is 0 Å². The van der Waals surface area contributed by atoms with Crippen LogP contribution in [0.25, 0.3) is 0 Å². The standard InChI is InChI=1S/C29H54N2O2S2/c1-3-5-7-9-17-23-32-26(34)30-28(19-13-11-14-20-28)25-29(21-15-12-16-22-29)31-27(35)33-24-18-10-8-6-4-2/h3-25H2,1-2H3,(H,30,34)(H,31,35). The van der Waals surface area contributed by atoms with E-state index in [4.69, 9.17) is 33.9 Å². The van der Waals surface area contributed by atoms with Crippen molar-refractivity contribution < 1.29 is 9.47 Å². The van der Waals surface area contributed by atoms with E-state index in [1.165, 1.54) is 89.9 Å². The van der Waals surface area contributed by atoms with Crippen LogP contribution in [0.2, 0.25) is 0 Å². The highest BCUT2D eigenvalue weighted by Crippen LogP contribution is 2.41. The summed E-state index contributed by atoms with van der Waals surface area (Å²) in [6.07, 6.45) is 25.7. The fraction of sp³-hybridized carbons (Fsp3) is 0.931. The van der Waals surface area contributed by atoms with Gasteiger partial charge in [-0.25, -0.2) is 0 Å². The summed E-state index contributed by atoms with van der Waals surface area (Å²) in [6, 6.07) is 0. The van der Waals surface area contributed by atoms with Crippen molar-refractivity contribution in [1.29, 1.82) is 0 Å². The van der Waals surface area contributed by atoms with Gasteiger partial charge in [0.05, 0.1) is 13.2 Å². The molecule has 4 nitrogen and oxygen atoms in total. The first-order valence-corrected chi connectivity index (χ1v) is 15.7. The zero-order valence-electron chi connectivity index (χ0n) is 22.9. The molecular weight excluding hydrogens is 472 g/mol. The highest BCUT2D eigenvalue weighted by atomic mass is 32.1. The van der Waals surface area contributed by atoms with Gasteiger partial charge in [-0.1, -0.05) is 104 Å². The summed E-state index contributed by atoms with van der Waals surface area (Å²) in [4.78, 5) is 0. The fourth-order valence-corrected chi connectivity index (χ4v) is 6.64. The van der Waals surface area contributed by atoms with E-state index in [0.29, 0.717) is 10.3 Å². The van der Waals surface area contributed by atoms with Gasteiger partial charge in [-0.15, -0.1) is 0 Å². The lowest BCUT2D eigenvalue weighted by Crippen LogP contribution is -2.60. The Labute approximate surface area is 227 Å². The monoisotopic (exact) mass is 526 g/mol. The molecule has 2 aliphatic carbocycles. The smallest absolute Gasteiger partial charge is 0.257 e. The molecule has 6 heteroatoms. The van der Waals surface area contributed by atoms with E-state index in [9.17, 15) is 0 Å². The molecule has 0 aromatic carbocycles. The Morgan fingerprint density at radius 2 is 0.943 bits per heavy atom. The molecule has 0 radical (unpaired) electrons. The van der Waals surface area contributed by atoms with Crippen LogP contribution in [-0.2, 0) is 9.47 Å². The molecule has 35 heavy (non-hydrogen) atoms. The van der Waals surface area contributed by atoms with Crippen molar-refractivity contribution in [2.75, 3.05) is 13.2 Å². The van der Waals surface area contributed by atoms with Crippen LogP contribution in [0.5, 0.6) is 0 Å². The fourth-order valence-electron chi connectivity index (χ4n) is 6.04. The Morgan fingerprint density at radius 1 is 0.571 bits per heavy atom. The second kappa shape index (κ2) is 17.8. The molecule has 2 rings (SSSR count). The molecule has 2 aliphatic rings. The second-order valence-corrected chi connectivity index (χ2v) is 12.0. The summed E-state index contributed by atoms with van der Waals surface area (Å²) in [6.45, 7) is 5.96. The number of hydrogen-bond donors (Lipinski definition) is 2. The van der Waals surface area contributed by atoms with Gasteiger partial charge in [0.2, 0.25) is 0 Å². The minimum Gasteiger partial charge on any atom is -0.471 e. The second-order valence-electron chi connectivity index (χ2n) is 11.2. The van der Waals surface area contributed by atoms with Gasteiger partial charge in [0.1, 0.15) is 0 Å². The lowest BCUT2D eigenvalue weighted by atomic mass is 9.68. The number of hydrogen-bond acceptors (Lipinski definition) is 4. The summed E-state index contributed by atoms with van der Waals surface area (Å²) in [7, 11) is 0. The molecular formula is C29H54N2O2S2. The van der Waals surface area contributed by atoms with E-state index in [1.54, 1.807) is 0 Å². The summed E-state index contributed by atoms with van der Waals surface area (Å²) in [5.41, 5.74) is -0.00466. The molecule has 0 aromatic heterocycles. The summed E-state index contributed by atoms with van der Waals surface area (Å²) >= 11 is 11.4. The van der Waals surface area contributed by atoms with E-state index >= 15 is 0 Å². The average molecular weight is 527 g/mol. The van der Waals surface area contributed by atoms with Crippen LogP contribution in [0.3, 0.4) is 0 Å². The molecule has 0 bridgehead atoms. The Morgan fingerprint density at radius 3 is 1.31 bits per heavy atom. The lowest BCUT2D eigenvalue weighted by molar-refractivity contribution is 0.131. The van der Waals surface area contributed by atoms with Crippen molar-refractivity contribution in [2.45, 2.75) is 160 Å². The van der Waals surface area contributed by atoms with Gasteiger partial charge in [0, 0.05) is 11.1 Å². The van der Waals surface area contributed by atoms with Gasteiger partial charge >= 0.3 is 0 Å². The van der Waals surface area contributed by atoms with Crippen LogP contribution >= 0.6 is 24.4 Å². The quantitative estimate of drug-likeness (QED) is 0.155. The molecule has 2 saturated carbocycles. The van der Waals surface area contributed by atoms with Crippen molar-refractivity contribution in [3.63, 3.8) is 0 Å². The molecule has 0 aliphatic heterocycles. The largest absolute Gasteiger partial charge is 0.471 e. The van der Waals surface area contributed by atoms with Crippen molar-refractivity contribution in [3.05, 3.63) is 0 Å². The molecule has 0 aromatic rings. The van der Waals surface area contributed by atoms with Crippen LogP contribution in [0.1, 0.15) is 149 Å². The van der Waals surface area contributed by atoms with Crippen LogP contribution in [0, 0.1) is 0 Å². The van der Waals surface area contributed by atoms with Crippen molar-refractivity contribution in [2.24, 2.45) is 0 Å². The van der Waals surface area contributed by atoms with E-state index in [0.717, 1.165) is 58.2 Å².